The zero-order chi connectivity index (χ0) is 22.4. The number of anilines is 1. The number of esters is 1. The van der Waals surface area contributed by atoms with Crippen molar-refractivity contribution in [2.75, 3.05) is 18.1 Å². The smallest absolute Gasteiger partial charge is 0.311 e. The molecule has 0 unspecified atom stereocenters. The van der Waals surface area contributed by atoms with E-state index in [0.717, 1.165) is 0 Å². The predicted molar refractivity (Wildman–Crippen MR) is 107 cm³/mol. The highest BCUT2D eigenvalue weighted by atomic mass is 16.6. The van der Waals surface area contributed by atoms with Gasteiger partial charge < -0.3 is 9.64 Å². The number of benzene rings is 2. The van der Waals surface area contributed by atoms with E-state index in [1.54, 1.807) is 30.3 Å². The normalized spacial score (nSPS) is 15.3. The van der Waals surface area contributed by atoms with Crippen LogP contribution in [-0.4, -0.2) is 41.8 Å². The largest absolute Gasteiger partial charge is 0.455 e. The van der Waals surface area contributed by atoms with E-state index in [4.69, 9.17) is 4.74 Å². The molecule has 1 aliphatic rings. The fourth-order valence-corrected chi connectivity index (χ4v) is 2.97. The van der Waals surface area contributed by atoms with Crippen LogP contribution in [0.5, 0.6) is 0 Å². The number of hydrogen-bond acceptors (Lipinski definition) is 7. The number of carbonyl (C=O) groups is 4. The summed E-state index contributed by atoms with van der Waals surface area (Å²) in [5, 5.41) is 10.9. The topological polar surface area (TPSA) is 148 Å². The average molecular weight is 426 g/mol. The molecule has 0 spiro atoms. The van der Waals surface area contributed by atoms with Crippen LogP contribution in [0.4, 0.5) is 11.4 Å². The van der Waals surface area contributed by atoms with E-state index in [1.807, 2.05) is 0 Å². The first-order chi connectivity index (χ1) is 14.8. The number of nitro benzene ring substituents is 1. The van der Waals surface area contributed by atoms with Crippen molar-refractivity contribution in [1.29, 1.82) is 0 Å². The Bertz CT molecular complexity index is 1030. The molecule has 2 aromatic rings. The first-order valence-corrected chi connectivity index (χ1v) is 9.21. The van der Waals surface area contributed by atoms with Crippen LogP contribution in [0.15, 0.2) is 54.6 Å². The van der Waals surface area contributed by atoms with Crippen LogP contribution < -0.4 is 15.8 Å². The Morgan fingerprint density at radius 3 is 2.55 bits per heavy atom. The predicted octanol–water partition coefficient (Wildman–Crippen LogP) is 0.952. The molecule has 0 saturated carbocycles. The minimum atomic E-state index is -0.821. The molecule has 1 aliphatic heterocycles. The van der Waals surface area contributed by atoms with E-state index in [1.165, 1.54) is 29.2 Å². The van der Waals surface area contributed by atoms with Crippen LogP contribution in [0, 0.1) is 16.0 Å². The second-order valence-electron chi connectivity index (χ2n) is 6.66. The fourth-order valence-electron chi connectivity index (χ4n) is 2.97. The third-order valence-electron chi connectivity index (χ3n) is 4.51. The van der Waals surface area contributed by atoms with Gasteiger partial charge in [0.2, 0.25) is 5.91 Å². The Kier molecular flexibility index (Phi) is 6.55. The molecule has 31 heavy (non-hydrogen) atoms. The Labute approximate surface area is 176 Å². The summed E-state index contributed by atoms with van der Waals surface area (Å²) in [4.78, 5) is 59.7. The molecule has 160 valence electrons. The van der Waals surface area contributed by atoms with Gasteiger partial charge in [0.25, 0.3) is 17.5 Å². The summed E-state index contributed by atoms with van der Waals surface area (Å²) in [5.41, 5.74) is 4.79. The van der Waals surface area contributed by atoms with Gasteiger partial charge in [0, 0.05) is 30.7 Å². The summed E-state index contributed by atoms with van der Waals surface area (Å²) >= 11 is 0. The molecule has 11 heteroatoms. The Balaban J connectivity index is 1.48. The van der Waals surface area contributed by atoms with Gasteiger partial charge in [0.15, 0.2) is 6.61 Å². The molecule has 1 atom stereocenters. The molecule has 1 saturated heterocycles. The summed E-state index contributed by atoms with van der Waals surface area (Å²) in [6, 6.07) is 13.7. The van der Waals surface area contributed by atoms with Gasteiger partial charge >= 0.3 is 5.97 Å². The summed E-state index contributed by atoms with van der Waals surface area (Å²) in [5.74, 6) is -3.25. The highest BCUT2D eigenvalue weighted by Crippen LogP contribution is 2.28. The highest BCUT2D eigenvalue weighted by molar-refractivity contribution is 6.00. The number of nitrogens with one attached hydrogen (secondary N) is 2. The van der Waals surface area contributed by atoms with Crippen molar-refractivity contribution < 1.29 is 28.8 Å². The summed E-state index contributed by atoms with van der Waals surface area (Å²) in [6.45, 7) is -0.666. The van der Waals surface area contributed by atoms with Gasteiger partial charge in [-0.05, 0) is 18.2 Å². The van der Waals surface area contributed by atoms with Crippen LogP contribution in [-0.2, 0) is 19.1 Å². The number of nitrogens with zero attached hydrogens (tertiary/aromatic N) is 2. The van der Waals surface area contributed by atoms with Crippen LogP contribution in [0.25, 0.3) is 0 Å². The molecular formula is C20H18N4O7. The second-order valence-corrected chi connectivity index (χ2v) is 6.66. The Hall–Kier alpha value is -4.28. The lowest BCUT2D eigenvalue weighted by molar-refractivity contribution is -0.384. The summed E-state index contributed by atoms with van der Waals surface area (Å²) < 4.78 is 4.93. The Morgan fingerprint density at radius 2 is 1.84 bits per heavy atom. The lowest BCUT2D eigenvalue weighted by Gasteiger charge is -2.16. The SMILES string of the molecule is O=C(COC(=O)[C@@H]1CC(=O)N(c2cccc([N+](=O)[O-])c2)C1)NNC(=O)c1ccccc1. The first kappa shape index (κ1) is 21.4. The molecule has 2 aromatic carbocycles. The molecule has 2 N–H and O–H groups in total. The molecule has 11 nitrogen and oxygen atoms in total. The van der Waals surface area contributed by atoms with Crippen LogP contribution >= 0.6 is 0 Å². The van der Waals surface area contributed by atoms with Crippen LogP contribution in [0.1, 0.15) is 16.8 Å². The number of rotatable bonds is 6. The van der Waals surface area contributed by atoms with E-state index < -0.39 is 35.2 Å². The van der Waals surface area contributed by atoms with Gasteiger partial charge in [0.1, 0.15) is 0 Å². The number of carbonyl (C=O) groups excluding carboxylic acids is 4. The maximum absolute atomic E-state index is 12.2. The van der Waals surface area contributed by atoms with E-state index in [9.17, 15) is 29.3 Å². The third-order valence-corrected chi connectivity index (χ3v) is 4.51. The molecule has 1 heterocycles. The lowest BCUT2D eigenvalue weighted by atomic mass is 10.1. The van der Waals surface area contributed by atoms with Gasteiger partial charge in [-0.2, -0.15) is 0 Å². The first-order valence-electron chi connectivity index (χ1n) is 9.21. The average Bonchev–Trinajstić information content (AvgIpc) is 3.18. The minimum Gasteiger partial charge on any atom is -0.455 e. The molecule has 1 fully saturated rings. The highest BCUT2D eigenvalue weighted by Gasteiger charge is 2.36. The third kappa shape index (κ3) is 5.41. The maximum atomic E-state index is 12.2. The van der Waals surface area contributed by atoms with Gasteiger partial charge in [0.05, 0.1) is 16.5 Å². The van der Waals surface area contributed by atoms with Crippen molar-refractivity contribution >= 4 is 35.1 Å². The standard InChI is InChI=1S/C20H18N4O7/c25-17(21-22-19(27)13-5-2-1-3-6-13)12-31-20(28)14-9-18(26)23(11-14)15-7-4-8-16(10-15)24(29)30/h1-8,10,14H,9,11-12H2,(H,21,25)(H,22,27)/t14-/m1/s1. The quantitative estimate of drug-likeness (QED) is 0.397. The van der Waals surface area contributed by atoms with Crippen molar-refractivity contribution in [3.8, 4) is 0 Å². The van der Waals surface area contributed by atoms with Crippen molar-refractivity contribution in [3.05, 3.63) is 70.3 Å². The Morgan fingerprint density at radius 1 is 1.10 bits per heavy atom. The summed E-state index contributed by atoms with van der Waals surface area (Å²) in [7, 11) is 0. The molecule has 0 radical (unpaired) electrons. The molecule has 3 amide bonds. The molecular weight excluding hydrogens is 408 g/mol. The lowest BCUT2D eigenvalue weighted by Crippen LogP contribution is -2.43. The van der Waals surface area contributed by atoms with Crippen molar-refractivity contribution in [2.45, 2.75) is 6.42 Å². The van der Waals surface area contributed by atoms with Gasteiger partial charge in [-0.25, -0.2) is 0 Å². The number of hydrogen-bond donors (Lipinski definition) is 2. The zero-order valence-electron chi connectivity index (χ0n) is 16.1. The molecule has 0 aromatic heterocycles. The van der Waals surface area contributed by atoms with E-state index in [0.29, 0.717) is 11.3 Å². The summed E-state index contributed by atoms with van der Waals surface area (Å²) in [6.07, 6.45) is -0.145. The fraction of sp³-hybridized carbons (Fsp3) is 0.200. The number of hydrazine groups is 1. The molecule has 0 bridgehead atoms. The number of amides is 3. The van der Waals surface area contributed by atoms with E-state index in [2.05, 4.69) is 10.9 Å². The molecule has 0 aliphatic carbocycles. The number of ether oxygens (including phenoxy) is 1. The van der Waals surface area contributed by atoms with Crippen LogP contribution in [0.2, 0.25) is 0 Å². The second kappa shape index (κ2) is 9.48. The number of non-ortho nitro benzene ring substituents is 1. The van der Waals surface area contributed by atoms with Crippen molar-refractivity contribution in [1.82, 2.24) is 10.9 Å². The monoisotopic (exact) mass is 426 g/mol. The van der Waals surface area contributed by atoms with Gasteiger partial charge in [-0.3, -0.25) is 40.1 Å². The minimum absolute atomic E-state index is 0.0226. The van der Waals surface area contributed by atoms with E-state index >= 15 is 0 Å². The van der Waals surface area contributed by atoms with Gasteiger partial charge in [-0.1, -0.05) is 24.3 Å². The van der Waals surface area contributed by atoms with Crippen molar-refractivity contribution in [3.63, 3.8) is 0 Å². The van der Waals surface area contributed by atoms with Crippen LogP contribution in [0.3, 0.4) is 0 Å². The zero-order valence-corrected chi connectivity index (χ0v) is 16.1. The van der Waals surface area contributed by atoms with E-state index in [-0.39, 0.29) is 24.6 Å². The maximum Gasteiger partial charge on any atom is 0.311 e. The van der Waals surface area contributed by atoms with Gasteiger partial charge in [-0.15, -0.1) is 0 Å². The number of nitro groups is 1. The van der Waals surface area contributed by atoms with Crippen molar-refractivity contribution in [2.24, 2.45) is 5.92 Å². The molecule has 3 rings (SSSR count).